The molecule has 3 heterocycles. The van der Waals surface area contributed by atoms with Gasteiger partial charge in [-0.15, -0.1) is 0 Å². The molecule has 1 fully saturated rings. The number of hydrogen-bond acceptors (Lipinski definition) is 5. The van der Waals surface area contributed by atoms with Crippen LogP contribution < -0.4 is 9.62 Å². The molecule has 3 aromatic rings. The summed E-state index contributed by atoms with van der Waals surface area (Å²) in [4.78, 5) is 11.3. The van der Waals surface area contributed by atoms with Crippen molar-refractivity contribution in [1.29, 1.82) is 0 Å². The van der Waals surface area contributed by atoms with E-state index in [0.717, 1.165) is 54.9 Å². The van der Waals surface area contributed by atoms with Gasteiger partial charge in [0.1, 0.15) is 11.8 Å². The van der Waals surface area contributed by atoms with E-state index >= 15 is 0 Å². The van der Waals surface area contributed by atoms with E-state index in [-0.39, 0.29) is 0 Å². The highest BCUT2D eigenvalue weighted by atomic mass is 32.2. The molecule has 0 bridgehead atoms. The van der Waals surface area contributed by atoms with Crippen molar-refractivity contribution in [2.24, 2.45) is 5.92 Å². The summed E-state index contributed by atoms with van der Waals surface area (Å²) in [6.45, 7) is 2.41. The fraction of sp³-hybridized carbons (Fsp3) is 0.368. The fourth-order valence-corrected chi connectivity index (χ4v) is 4.06. The van der Waals surface area contributed by atoms with E-state index in [1.54, 1.807) is 0 Å². The van der Waals surface area contributed by atoms with Gasteiger partial charge in [0.2, 0.25) is 0 Å². The number of nitrogens with one attached hydrogen (secondary N) is 1. The molecule has 8 heteroatoms. The molecule has 0 saturated carbocycles. The Morgan fingerprint density at radius 3 is 2.67 bits per heavy atom. The summed E-state index contributed by atoms with van der Waals surface area (Å²) < 4.78 is 25.7. The van der Waals surface area contributed by atoms with E-state index in [0.29, 0.717) is 12.5 Å². The van der Waals surface area contributed by atoms with Crippen molar-refractivity contribution in [3.63, 3.8) is 0 Å². The molecule has 142 valence electrons. The SMILES string of the molecule is O=S([O-])NCCC1CCN(c2ccnc3ncn(-c4ccccc4)c23)CC1. The van der Waals surface area contributed by atoms with E-state index in [2.05, 4.69) is 42.4 Å². The average Bonchev–Trinajstić information content (AvgIpc) is 3.13. The van der Waals surface area contributed by atoms with E-state index < -0.39 is 11.3 Å². The van der Waals surface area contributed by atoms with Crippen LogP contribution in [0.25, 0.3) is 16.9 Å². The van der Waals surface area contributed by atoms with Crippen molar-refractivity contribution >= 4 is 28.1 Å². The second-order valence-corrected chi connectivity index (χ2v) is 7.56. The molecule has 2 aromatic heterocycles. The minimum absolute atomic E-state index is 0.515. The Hall–Kier alpha value is -2.29. The van der Waals surface area contributed by atoms with Crippen LogP contribution in [0.15, 0.2) is 48.9 Å². The Balaban J connectivity index is 1.53. The minimum Gasteiger partial charge on any atom is -0.760 e. The van der Waals surface area contributed by atoms with Gasteiger partial charge in [0, 0.05) is 42.8 Å². The van der Waals surface area contributed by atoms with Gasteiger partial charge in [-0.3, -0.25) is 8.78 Å². The number of nitrogens with zero attached hydrogens (tertiary/aromatic N) is 4. The lowest BCUT2D eigenvalue weighted by Crippen LogP contribution is -2.35. The summed E-state index contributed by atoms with van der Waals surface area (Å²) >= 11 is -2.17. The highest BCUT2D eigenvalue weighted by Crippen LogP contribution is 2.31. The summed E-state index contributed by atoms with van der Waals surface area (Å²) in [5.74, 6) is 0.550. The summed E-state index contributed by atoms with van der Waals surface area (Å²) in [5.41, 5.74) is 4.01. The Kier molecular flexibility index (Phi) is 5.47. The third kappa shape index (κ3) is 4.02. The Labute approximate surface area is 160 Å². The number of anilines is 1. The second-order valence-electron chi connectivity index (χ2n) is 6.80. The zero-order valence-corrected chi connectivity index (χ0v) is 15.8. The van der Waals surface area contributed by atoms with Gasteiger partial charge in [-0.2, -0.15) is 0 Å². The first-order chi connectivity index (χ1) is 13.2. The number of hydrogen-bond donors (Lipinski definition) is 1. The molecule has 1 saturated heterocycles. The molecule has 4 rings (SSSR count). The van der Waals surface area contributed by atoms with Gasteiger partial charge in [-0.25, -0.2) is 14.7 Å². The number of rotatable bonds is 6. The molecule has 0 radical (unpaired) electrons. The molecule has 1 N–H and O–H groups in total. The predicted molar refractivity (Wildman–Crippen MR) is 105 cm³/mol. The van der Waals surface area contributed by atoms with Crippen LogP contribution in [0.2, 0.25) is 0 Å². The average molecular weight is 384 g/mol. The van der Waals surface area contributed by atoms with Crippen LogP contribution in [0, 0.1) is 5.92 Å². The summed E-state index contributed by atoms with van der Waals surface area (Å²) in [6, 6.07) is 12.2. The van der Waals surface area contributed by atoms with Crippen molar-refractivity contribution < 1.29 is 8.76 Å². The first-order valence-corrected chi connectivity index (χ1v) is 10.2. The van der Waals surface area contributed by atoms with Gasteiger partial charge < -0.3 is 9.45 Å². The molecular weight excluding hydrogens is 362 g/mol. The molecule has 1 unspecified atom stereocenters. The maximum Gasteiger partial charge on any atom is 0.180 e. The van der Waals surface area contributed by atoms with Gasteiger partial charge in [0.15, 0.2) is 5.65 Å². The number of fused-ring (bicyclic) bond motifs is 1. The molecule has 1 atom stereocenters. The largest absolute Gasteiger partial charge is 0.760 e. The molecule has 0 aliphatic carbocycles. The molecule has 7 nitrogen and oxygen atoms in total. The van der Waals surface area contributed by atoms with Crippen LogP contribution in [0.4, 0.5) is 5.69 Å². The smallest absolute Gasteiger partial charge is 0.180 e. The number of benzene rings is 1. The topological polar surface area (TPSA) is 86.1 Å². The molecule has 1 aromatic carbocycles. The lowest BCUT2D eigenvalue weighted by molar-refractivity contribution is 0.381. The third-order valence-corrected chi connectivity index (χ3v) is 5.62. The van der Waals surface area contributed by atoms with Crippen molar-refractivity contribution in [2.45, 2.75) is 19.3 Å². The van der Waals surface area contributed by atoms with E-state index in [4.69, 9.17) is 0 Å². The van der Waals surface area contributed by atoms with Gasteiger partial charge in [0.05, 0.1) is 5.69 Å². The first-order valence-electron chi connectivity index (χ1n) is 9.17. The van der Waals surface area contributed by atoms with Crippen LogP contribution in [-0.2, 0) is 11.3 Å². The van der Waals surface area contributed by atoms with Crippen LogP contribution in [-0.4, -0.2) is 42.9 Å². The van der Waals surface area contributed by atoms with Crippen molar-refractivity contribution in [3.8, 4) is 5.69 Å². The van der Waals surface area contributed by atoms with Gasteiger partial charge in [0.25, 0.3) is 0 Å². The zero-order valence-electron chi connectivity index (χ0n) is 15.0. The molecule has 0 spiro atoms. The Bertz CT molecular complexity index is 922. The van der Waals surface area contributed by atoms with Crippen molar-refractivity contribution in [1.82, 2.24) is 19.3 Å². The molecule has 1 aliphatic rings. The highest BCUT2D eigenvalue weighted by Gasteiger charge is 2.22. The lowest BCUT2D eigenvalue weighted by atomic mass is 9.93. The number of piperidine rings is 1. The molecule has 1 aliphatic heterocycles. The highest BCUT2D eigenvalue weighted by molar-refractivity contribution is 7.77. The van der Waals surface area contributed by atoms with E-state index in [1.807, 2.05) is 30.7 Å². The van der Waals surface area contributed by atoms with Gasteiger partial charge in [-0.1, -0.05) is 18.2 Å². The number of imidazole rings is 1. The van der Waals surface area contributed by atoms with Crippen LogP contribution in [0.5, 0.6) is 0 Å². The third-order valence-electron chi connectivity index (χ3n) is 5.18. The van der Waals surface area contributed by atoms with Crippen molar-refractivity contribution in [2.75, 3.05) is 24.5 Å². The van der Waals surface area contributed by atoms with Crippen LogP contribution in [0.1, 0.15) is 19.3 Å². The quantitative estimate of drug-likeness (QED) is 0.660. The standard InChI is InChI=1S/C19H23N5O2S/c25-27(26)22-11-6-15-8-12-23(13-9-15)17-7-10-20-19-18(17)24(14-21-19)16-4-2-1-3-5-16/h1-5,7,10,14-15,22H,6,8-9,11-13H2,(H,25,26)/p-1. The first kappa shape index (κ1) is 18.1. The maximum absolute atomic E-state index is 10.6. The normalized spacial score (nSPS) is 16.7. The summed E-state index contributed by atoms with van der Waals surface area (Å²) in [6.07, 6.45) is 6.64. The fourth-order valence-electron chi connectivity index (χ4n) is 3.78. The molecule has 0 amide bonds. The summed E-state index contributed by atoms with van der Waals surface area (Å²) in [5, 5.41) is 0. The van der Waals surface area contributed by atoms with Crippen LogP contribution >= 0.6 is 0 Å². The number of para-hydroxylation sites is 1. The monoisotopic (exact) mass is 384 g/mol. The molecular formula is C19H22N5O2S-. The Morgan fingerprint density at radius 2 is 1.93 bits per heavy atom. The molecule has 27 heavy (non-hydrogen) atoms. The van der Waals surface area contributed by atoms with Gasteiger partial charge in [-0.05, 0) is 43.4 Å². The van der Waals surface area contributed by atoms with Crippen LogP contribution in [0.3, 0.4) is 0 Å². The van der Waals surface area contributed by atoms with Crippen molar-refractivity contribution in [3.05, 3.63) is 48.9 Å². The predicted octanol–water partition coefficient (Wildman–Crippen LogP) is 2.41. The second kappa shape index (κ2) is 8.16. The van der Waals surface area contributed by atoms with E-state index in [9.17, 15) is 8.76 Å². The Morgan fingerprint density at radius 1 is 1.15 bits per heavy atom. The number of aromatic nitrogens is 3. The lowest BCUT2D eigenvalue weighted by Gasteiger charge is -2.34. The summed E-state index contributed by atoms with van der Waals surface area (Å²) in [7, 11) is 0. The van der Waals surface area contributed by atoms with Gasteiger partial charge >= 0.3 is 0 Å². The minimum atomic E-state index is -2.17. The van der Waals surface area contributed by atoms with E-state index in [1.165, 1.54) is 0 Å². The number of pyridine rings is 1. The maximum atomic E-state index is 10.6. The zero-order chi connectivity index (χ0) is 18.6.